The largest absolute Gasteiger partial charge is 0.478 e. The highest BCUT2D eigenvalue weighted by Gasteiger charge is 2.26. The Hall–Kier alpha value is -2.05. The van der Waals surface area contributed by atoms with Crippen molar-refractivity contribution < 1.29 is 23.1 Å². The monoisotopic (exact) mass is 272 g/mol. The Kier molecular flexibility index (Phi) is 3.46. The number of hydrogen-bond donors (Lipinski definition) is 1. The summed E-state index contributed by atoms with van der Waals surface area (Å²) in [5, 5.41) is 8.98. The number of fused-ring (bicyclic) bond motifs is 1. The summed E-state index contributed by atoms with van der Waals surface area (Å²) < 4.78 is 37.7. The summed E-state index contributed by atoms with van der Waals surface area (Å²) in [6, 6.07) is 4.60. The number of alkyl halides is 3. The van der Waals surface area contributed by atoms with Gasteiger partial charge in [-0.3, -0.25) is 0 Å². The van der Waals surface area contributed by atoms with Gasteiger partial charge in [-0.05, 0) is 18.6 Å². The van der Waals surface area contributed by atoms with E-state index >= 15 is 0 Å². The third-order valence-electron chi connectivity index (χ3n) is 2.74. The smallest absolute Gasteiger partial charge is 0.389 e. The molecule has 0 aliphatic carbocycles. The minimum absolute atomic E-state index is 0.0482. The van der Waals surface area contributed by atoms with Crippen molar-refractivity contribution in [2.75, 3.05) is 0 Å². The van der Waals surface area contributed by atoms with Crippen LogP contribution in [0.4, 0.5) is 13.2 Å². The fourth-order valence-corrected chi connectivity index (χ4v) is 1.89. The molecule has 0 spiro atoms. The van der Waals surface area contributed by atoms with Gasteiger partial charge in [0.1, 0.15) is 5.52 Å². The minimum Gasteiger partial charge on any atom is -0.478 e. The van der Waals surface area contributed by atoms with E-state index in [0.29, 0.717) is 11.0 Å². The quantitative estimate of drug-likeness (QED) is 0.930. The van der Waals surface area contributed by atoms with Gasteiger partial charge >= 0.3 is 12.1 Å². The highest BCUT2D eigenvalue weighted by molar-refractivity contribution is 6.00. The molecule has 1 heterocycles. The van der Waals surface area contributed by atoms with E-state index in [1.54, 1.807) is 12.1 Å². The molecule has 0 saturated carbocycles. The van der Waals surface area contributed by atoms with Gasteiger partial charge in [-0.2, -0.15) is 13.2 Å². The van der Waals surface area contributed by atoms with Crippen molar-refractivity contribution in [3.63, 3.8) is 0 Å². The number of rotatable bonds is 4. The van der Waals surface area contributed by atoms with E-state index < -0.39 is 18.6 Å². The Morgan fingerprint density at radius 1 is 1.37 bits per heavy atom. The number of nitrogens with zero attached hydrogens (tertiary/aromatic N) is 2. The van der Waals surface area contributed by atoms with E-state index in [-0.39, 0.29) is 18.5 Å². The number of para-hydroxylation sites is 1. The Bertz CT molecular complexity index is 605. The number of aromatic nitrogens is 2. The Labute approximate surface area is 106 Å². The Balaban J connectivity index is 2.22. The highest BCUT2D eigenvalue weighted by atomic mass is 19.4. The van der Waals surface area contributed by atoms with Gasteiger partial charge in [-0.15, -0.1) is 0 Å². The molecule has 102 valence electrons. The first-order valence-corrected chi connectivity index (χ1v) is 5.62. The minimum atomic E-state index is -4.18. The van der Waals surface area contributed by atoms with Crippen molar-refractivity contribution in [1.82, 2.24) is 9.55 Å². The van der Waals surface area contributed by atoms with E-state index in [1.165, 1.54) is 17.0 Å². The summed E-state index contributed by atoms with van der Waals surface area (Å²) in [5.74, 6) is -1.11. The average Bonchev–Trinajstić information content (AvgIpc) is 2.70. The first-order valence-electron chi connectivity index (χ1n) is 5.62. The molecule has 19 heavy (non-hydrogen) atoms. The lowest BCUT2D eigenvalue weighted by Crippen LogP contribution is -2.09. The van der Waals surface area contributed by atoms with Crippen LogP contribution in [0.2, 0.25) is 0 Å². The second kappa shape index (κ2) is 4.91. The zero-order valence-corrected chi connectivity index (χ0v) is 9.81. The first kappa shape index (κ1) is 13.4. The molecule has 0 radical (unpaired) electrons. The Morgan fingerprint density at radius 3 is 2.74 bits per heavy atom. The van der Waals surface area contributed by atoms with Crippen LogP contribution in [0.1, 0.15) is 23.2 Å². The van der Waals surface area contributed by atoms with E-state index in [2.05, 4.69) is 4.98 Å². The highest BCUT2D eigenvalue weighted by Crippen LogP contribution is 2.23. The van der Waals surface area contributed by atoms with E-state index in [9.17, 15) is 18.0 Å². The van der Waals surface area contributed by atoms with Crippen LogP contribution in [0.15, 0.2) is 24.5 Å². The predicted octanol–water partition coefficient (Wildman–Crippen LogP) is 3.08. The van der Waals surface area contributed by atoms with E-state index in [0.717, 1.165) is 0 Å². The third-order valence-corrected chi connectivity index (χ3v) is 2.74. The molecule has 1 N–H and O–H groups in total. The summed E-state index contributed by atoms with van der Waals surface area (Å²) in [7, 11) is 0. The van der Waals surface area contributed by atoms with Crippen molar-refractivity contribution in [3.05, 3.63) is 30.1 Å². The van der Waals surface area contributed by atoms with Crippen LogP contribution in [0.5, 0.6) is 0 Å². The molecule has 1 aromatic carbocycles. The summed E-state index contributed by atoms with van der Waals surface area (Å²) in [6.07, 6.45) is -3.74. The lowest BCUT2D eigenvalue weighted by Gasteiger charge is -2.07. The Morgan fingerprint density at radius 2 is 2.11 bits per heavy atom. The molecule has 7 heteroatoms. The maximum Gasteiger partial charge on any atom is 0.389 e. The number of halogens is 3. The molecule has 0 fully saturated rings. The van der Waals surface area contributed by atoms with Gasteiger partial charge < -0.3 is 9.67 Å². The molecule has 0 bridgehead atoms. The number of carbonyl (C=O) groups is 1. The second-order valence-corrected chi connectivity index (χ2v) is 4.14. The SMILES string of the molecule is O=C(O)c1cccc2c1ncn2CCCC(F)(F)F. The van der Waals surface area contributed by atoms with Crippen LogP contribution in [-0.2, 0) is 6.54 Å². The lowest BCUT2D eigenvalue weighted by atomic mass is 10.2. The van der Waals surface area contributed by atoms with Gasteiger partial charge in [0.2, 0.25) is 0 Å². The maximum absolute atomic E-state index is 12.1. The van der Waals surface area contributed by atoms with E-state index in [4.69, 9.17) is 5.11 Å². The molecule has 1 aromatic heterocycles. The van der Waals surface area contributed by atoms with Crippen LogP contribution in [0, 0.1) is 0 Å². The molecular weight excluding hydrogens is 261 g/mol. The van der Waals surface area contributed by atoms with Gasteiger partial charge in [0, 0.05) is 13.0 Å². The molecule has 2 aromatic rings. The number of carboxylic acid groups (broad SMARTS) is 1. The van der Waals surface area contributed by atoms with Gasteiger partial charge in [-0.25, -0.2) is 9.78 Å². The zero-order chi connectivity index (χ0) is 14.0. The molecule has 0 saturated heterocycles. The number of imidazole rings is 1. The number of hydrogen-bond acceptors (Lipinski definition) is 2. The summed E-state index contributed by atoms with van der Waals surface area (Å²) in [4.78, 5) is 14.9. The average molecular weight is 272 g/mol. The zero-order valence-electron chi connectivity index (χ0n) is 9.81. The van der Waals surface area contributed by atoms with Crippen molar-refractivity contribution in [2.45, 2.75) is 25.6 Å². The second-order valence-electron chi connectivity index (χ2n) is 4.14. The number of carboxylic acids is 1. The number of benzene rings is 1. The predicted molar refractivity (Wildman–Crippen MR) is 62.0 cm³/mol. The van der Waals surface area contributed by atoms with Crippen molar-refractivity contribution >= 4 is 17.0 Å². The molecule has 0 aliphatic heterocycles. The number of aryl methyl sites for hydroxylation is 1. The number of aromatic carboxylic acids is 1. The van der Waals surface area contributed by atoms with Crippen LogP contribution >= 0.6 is 0 Å². The molecule has 0 atom stereocenters. The van der Waals surface area contributed by atoms with Gasteiger partial charge in [0.25, 0.3) is 0 Å². The molecule has 2 rings (SSSR count). The van der Waals surface area contributed by atoms with Crippen LogP contribution in [-0.4, -0.2) is 26.8 Å². The molecule has 0 amide bonds. The maximum atomic E-state index is 12.1. The molecule has 0 aliphatic rings. The summed E-state index contributed by atoms with van der Waals surface area (Å²) >= 11 is 0. The summed E-state index contributed by atoms with van der Waals surface area (Å²) in [6.45, 7) is 0.152. The lowest BCUT2D eigenvalue weighted by molar-refractivity contribution is -0.135. The van der Waals surface area contributed by atoms with Crippen LogP contribution in [0.25, 0.3) is 11.0 Å². The van der Waals surface area contributed by atoms with E-state index in [1.807, 2.05) is 0 Å². The fraction of sp³-hybridized carbons (Fsp3) is 0.333. The van der Waals surface area contributed by atoms with Gasteiger partial charge in [0.15, 0.2) is 0 Å². The van der Waals surface area contributed by atoms with Gasteiger partial charge in [0.05, 0.1) is 17.4 Å². The fourth-order valence-electron chi connectivity index (χ4n) is 1.89. The molecular formula is C12H11F3N2O2. The van der Waals surface area contributed by atoms with Crippen LogP contribution in [0.3, 0.4) is 0 Å². The third kappa shape index (κ3) is 3.04. The van der Waals surface area contributed by atoms with Crippen LogP contribution < -0.4 is 0 Å². The standard InChI is InChI=1S/C12H11F3N2O2/c13-12(14,15)5-2-6-17-7-16-10-8(11(18)19)3-1-4-9(10)17/h1,3-4,7H,2,5-6H2,(H,18,19). The summed E-state index contributed by atoms with van der Waals surface area (Å²) in [5.41, 5.74) is 0.871. The normalized spacial score (nSPS) is 11.9. The van der Waals surface area contributed by atoms with Crippen molar-refractivity contribution in [3.8, 4) is 0 Å². The van der Waals surface area contributed by atoms with Crippen molar-refractivity contribution in [1.29, 1.82) is 0 Å². The first-order chi connectivity index (χ1) is 8.88. The topological polar surface area (TPSA) is 55.1 Å². The molecule has 0 unspecified atom stereocenters. The van der Waals surface area contributed by atoms with Gasteiger partial charge in [-0.1, -0.05) is 6.07 Å². The van der Waals surface area contributed by atoms with Crippen molar-refractivity contribution in [2.24, 2.45) is 0 Å². The molecule has 4 nitrogen and oxygen atoms in total.